The molecule has 1 aliphatic heterocycles. The number of hydrogen-bond acceptors (Lipinski definition) is 3. The van der Waals surface area contributed by atoms with Crippen molar-refractivity contribution in [3.8, 4) is 0 Å². The summed E-state index contributed by atoms with van der Waals surface area (Å²) in [5.41, 5.74) is 0. The number of aliphatic carboxylic acids is 1. The molecule has 0 fully saturated rings. The molecule has 1 N–H and O–H groups in total. The van der Waals surface area contributed by atoms with Crippen molar-refractivity contribution in [2.24, 2.45) is 0 Å². The van der Waals surface area contributed by atoms with Crippen LogP contribution in [-0.4, -0.2) is 27.2 Å². The third-order valence-electron chi connectivity index (χ3n) is 2.05. The topological polar surface area (TPSA) is 58.4 Å². The lowest BCUT2D eigenvalue weighted by molar-refractivity contribution is -0.137. The van der Waals surface area contributed by atoms with Crippen LogP contribution in [0, 0.1) is 0 Å². The van der Waals surface area contributed by atoms with Gasteiger partial charge in [-0.2, -0.15) is 0 Å². The largest absolute Gasteiger partial charge is 0.480 e. The minimum atomic E-state index is -0.868. The maximum Gasteiger partial charge on any atom is 0.323 e. The van der Waals surface area contributed by atoms with E-state index in [0.717, 1.165) is 12.4 Å². The van der Waals surface area contributed by atoms with Crippen LogP contribution < -0.4 is 4.90 Å². The number of anilines is 1. The van der Waals surface area contributed by atoms with Crippen molar-refractivity contribution in [2.75, 3.05) is 11.4 Å². The highest BCUT2D eigenvalue weighted by Gasteiger charge is 2.07. The molecule has 5 nitrogen and oxygen atoms in total. The highest BCUT2D eigenvalue weighted by molar-refractivity contribution is 5.66. The Balaban J connectivity index is 2.09. The van der Waals surface area contributed by atoms with E-state index in [1.165, 1.54) is 6.33 Å². The molecule has 1 aromatic heterocycles. The molecule has 0 bridgehead atoms. The number of carboxylic acids is 1. The van der Waals surface area contributed by atoms with Gasteiger partial charge in [-0.05, 0) is 6.08 Å². The van der Waals surface area contributed by atoms with E-state index in [-0.39, 0.29) is 6.54 Å². The average Bonchev–Trinajstić information content (AvgIpc) is 2.67. The van der Waals surface area contributed by atoms with Crippen LogP contribution in [0.25, 0.3) is 0 Å². The lowest BCUT2D eigenvalue weighted by Gasteiger charge is -2.16. The van der Waals surface area contributed by atoms with Crippen LogP contribution in [0.2, 0.25) is 0 Å². The molecule has 2 rings (SSSR count). The van der Waals surface area contributed by atoms with Crippen LogP contribution in [0.15, 0.2) is 37.0 Å². The molecule has 0 atom stereocenters. The molecule has 1 aromatic rings. The zero-order valence-electron chi connectivity index (χ0n) is 8.08. The van der Waals surface area contributed by atoms with Gasteiger partial charge in [-0.15, -0.1) is 0 Å². The van der Waals surface area contributed by atoms with E-state index in [1.54, 1.807) is 10.8 Å². The fourth-order valence-corrected chi connectivity index (χ4v) is 1.38. The van der Waals surface area contributed by atoms with Crippen molar-refractivity contribution in [3.05, 3.63) is 37.0 Å². The molecule has 0 saturated heterocycles. The number of imidazole rings is 1. The Morgan fingerprint density at radius 1 is 1.53 bits per heavy atom. The van der Waals surface area contributed by atoms with Gasteiger partial charge >= 0.3 is 5.97 Å². The Morgan fingerprint density at radius 3 is 3.07 bits per heavy atom. The van der Waals surface area contributed by atoms with Crippen LogP contribution in [0.3, 0.4) is 0 Å². The van der Waals surface area contributed by atoms with E-state index in [2.05, 4.69) is 4.98 Å². The summed E-state index contributed by atoms with van der Waals surface area (Å²) in [4.78, 5) is 16.5. The summed E-state index contributed by atoms with van der Waals surface area (Å²) in [6.45, 7) is 0.709. The summed E-state index contributed by atoms with van der Waals surface area (Å²) in [5, 5.41) is 8.60. The number of aromatic nitrogens is 2. The Morgan fingerprint density at radius 2 is 2.40 bits per heavy atom. The summed E-state index contributed by atoms with van der Waals surface area (Å²) in [7, 11) is 0. The van der Waals surface area contributed by atoms with Crippen LogP contribution in [-0.2, 0) is 11.3 Å². The number of allylic oxidation sites excluding steroid dienone is 2. The van der Waals surface area contributed by atoms with Gasteiger partial charge in [0.25, 0.3) is 0 Å². The van der Waals surface area contributed by atoms with Gasteiger partial charge in [-0.3, -0.25) is 4.79 Å². The first kappa shape index (κ1) is 9.51. The molecular formula is C10H11N3O2. The van der Waals surface area contributed by atoms with E-state index < -0.39 is 5.97 Å². The second kappa shape index (κ2) is 4.00. The molecule has 0 spiro atoms. The fraction of sp³-hybridized carbons (Fsp3) is 0.200. The molecule has 15 heavy (non-hydrogen) atoms. The number of carbonyl (C=O) groups is 1. The SMILES string of the molecule is O=C(O)Cn1cnc(N2C=CC=CC2)c1. The fourth-order valence-electron chi connectivity index (χ4n) is 1.38. The minimum absolute atomic E-state index is 0.0552. The summed E-state index contributed by atoms with van der Waals surface area (Å²) in [6.07, 6.45) is 11.0. The highest BCUT2D eigenvalue weighted by atomic mass is 16.4. The van der Waals surface area contributed by atoms with Gasteiger partial charge in [0.05, 0.1) is 6.33 Å². The predicted octanol–water partition coefficient (Wildman–Crippen LogP) is 0.858. The van der Waals surface area contributed by atoms with Gasteiger partial charge in [0.1, 0.15) is 6.54 Å². The number of hydrogen-bond donors (Lipinski definition) is 1. The number of carboxylic acid groups (broad SMARTS) is 1. The van der Waals surface area contributed by atoms with Crippen molar-refractivity contribution in [2.45, 2.75) is 6.54 Å². The molecule has 0 aliphatic carbocycles. The van der Waals surface area contributed by atoms with Gasteiger partial charge in [0.15, 0.2) is 5.82 Å². The van der Waals surface area contributed by atoms with E-state index in [4.69, 9.17) is 5.11 Å². The molecule has 78 valence electrons. The molecule has 0 saturated carbocycles. The average molecular weight is 205 g/mol. The van der Waals surface area contributed by atoms with Gasteiger partial charge in [-0.1, -0.05) is 12.2 Å². The maximum atomic E-state index is 10.5. The zero-order valence-corrected chi connectivity index (χ0v) is 8.08. The quantitative estimate of drug-likeness (QED) is 0.795. The van der Waals surface area contributed by atoms with Crippen LogP contribution >= 0.6 is 0 Å². The van der Waals surface area contributed by atoms with Gasteiger partial charge in [0.2, 0.25) is 0 Å². The Labute approximate surface area is 87.0 Å². The van der Waals surface area contributed by atoms with E-state index in [9.17, 15) is 4.79 Å². The summed E-state index contributed by atoms with van der Waals surface area (Å²) in [6, 6.07) is 0. The van der Waals surface area contributed by atoms with Crippen molar-refractivity contribution in [1.82, 2.24) is 9.55 Å². The van der Waals surface area contributed by atoms with Crippen LogP contribution in [0.5, 0.6) is 0 Å². The van der Waals surface area contributed by atoms with Crippen LogP contribution in [0.4, 0.5) is 5.82 Å². The molecule has 2 heterocycles. The first-order valence-corrected chi connectivity index (χ1v) is 4.59. The third kappa shape index (κ3) is 2.25. The van der Waals surface area contributed by atoms with Crippen molar-refractivity contribution in [3.63, 3.8) is 0 Å². The molecule has 0 aromatic carbocycles. The second-order valence-corrected chi connectivity index (χ2v) is 3.22. The van der Waals surface area contributed by atoms with Gasteiger partial charge < -0.3 is 14.6 Å². The highest BCUT2D eigenvalue weighted by Crippen LogP contribution is 2.12. The van der Waals surface area contributed by atoms with Gasteiger partial charge in [-0.25, -0.2) is 4.98 Å². The monoisotopic (exact) mass is 205 g/mol. The molecule has 0 amide bonds. The summed E-state index contributed by atoms with van der Waals surface area (Å²) < 4.78 is 1.55. The second-order valence-electron chi connectivity index (χ2n) is 3.22. The zero-order chi connectivity index (χ0) is 10.7. The van der Waals surface area contributed by atoms with Gasteiger partial charge in [0, 0.05) is 18.9 Å². The lowest BCUT2D eigenvalue weighted by atomic mass is 10.3. The van der Waals surface area contributed by atoms with Crippen molar-refractivity contribution < 1.29 is 9.90 Å². The predicted molar refractivity (Wildman–Crippen MR) is 55.5 cm³/mol. The first-order valence-electron chi connectivity index (χ1n) is 4.59. The Kier molecular flexibility index (Phi) is 2.53. The Bertz CT molecular complexity index is 420. The van der Waals surface area contributed by atoms with E-state index in [1.807, 2.05) is 29.3 Å². The van der Waals surface area contributed by atoms with Crippen molar-refractivity contribution >= 4 is 11.8 Å². The summed E-state index contributed by atoms with van der Waals surface area (Å²) >= 11 is 0. The van der Waals surface area contributed by atoms with Crippen LogP contribution in [0.1, 0.15) is 0 Å². The normalized spacial score (nSPS) is 14.5. The smallest absolute Gasteiger partial charge is 0.323 e. The summed E-state index contributed by atoms with van der Waals surface area (Å²) in [5.74, 6) is -0.107. The first-order chi connectivity index (χ1) is 7.25. The Hall–Kier alpha value is -2.04. The lowest BCUT2D eigenvalue weighted by Crippen LogP contribution is -2.17. The van der Waals surface area contributed by atoms with E-state index >= 15 is 0 Å². The molecule has 0 unspecified atom stereocenters. The number of nitrogens with zero attached hydrogens (tertiary/aromatic N) is 3. The molecule has 5 heteroatoms. The van der Waals surface area contributed by atoms with E-state index in [0.29, 0.717) is 0 Å². The maximum absolute atomic E-state index is 10.5. The molecular weight excluding hydrogens is 194 g/mol. The third-order valence-corrected chi connectivity index (χ3v) is 2.05. The molecule has 0 radical (unpaired) electrons. The number of rotatable bonds is 3. The molecule has 1 aliphatic rings. The minimum Gasteiger partial charge on any atom is -0.480 e. The van der Waals surface area contributed by atoms with Crippen molar-refractivity contribution in [1.29, 1.82) is 0 Å². The standard InChI is InChI=1S/C10H11N3O2/c14-10(15)7-12-6-9(11-8-12)13-4-2-1-3-5-13/h1-4,6,8H,5,7H2,(H,14,15).